The van der Waals surface area contributed by atoms with Crippen LogP contribution < -0.4 is 0 Å². The molecule has 0 heterocycles. The highest BCUT2D eigenvalue weighted by Crippen LogP contribution is 2.16. The molecule has 0 saturated heterocycles. The predicted molar refractivity (Wildman–Crippen MR) is 49.0 cm³/mol. The number of ether oxygens (including phenoxy) is 1. The number of halogens is 3. The first-order valence-electron chi connectivity index (χ1n) is 4.85. The van der Waals surface area contributed by atoms with Crippen molar-refractivity contribution in [2.24, 2.45) is 0 Å². The quantitative estimate of drug-likeness (QED) is 0.603. The van der Waals surface area contributed by atoms with Crippen molar-refractivity contribution in [3.8, 4) is 0 Å². The summed E-state index contributed by atoms with van der Waals surface area (Å²) >= 11 is 0. The molecule has 86 valence electrons. The van der Waals surface area contributed by atoms with Crippen LogP contribution in [0.3, 0.4) is 0 Å². The average Bonchev–Trinajstić information content (AvgIpc) is 2.02. The Labute approximate surface area is 83.0 Å². The first-order chi connectivity index (χ1) is 6.45. The summed E-state index contributed by atoms with van der Waals surface area (Å²) in [6, 6.07) is 0. The molecule has 14 heavy (non-hydrogen) atoms. The molecule has 0 unspecified atom stereocenters. The normalized spacial score (nSPS) is 12.4. The van der Waals surface area contributed by atoms with E-state index in [1.54, 1.807) is 0 Å². The topological polar surface area (TPSA) is 12.5 Å². The molecule has 0 radical (unpaired) electrons. The van der Waals surface area contributed by atoms with Crippen molar-refractivity contribution in [2.45, 2.75) is 32.5 Å². The van der Waals surface area contributed by atoms with Crippen LogP contribution in [0.1, 0.15) is 26.2 Å². The lowest BCUT2D eigenvalue weighted by Crippen LogP contribution is -2.21. The summed E-state index contributed by atoms with van der Waals surface area (Å²) in [5.41, 5.74) is 0. The minimum absolute atomic E-state index is 0.233. The minimum Gasteiger partial charge on any atom is -0.306 e. The van der Waals surface area contributed by atoms with Gasteiger partial charge in [-0.3, -0.25) is 4.74 Å². The molecular formula is C9H18F3NO. The molecule has 0 aromatic rings. The maximum atomic E-state index is 11.5. The summed E-state index contributed by atoms with van der Waals surface area (Å²) in [4.78, 5) is 2.10. The molecule has 0 rings (SSSR count). The lowest BCUT2D eigenvalue weighted by molar-refractivity contribution is -0.324. The van der Waals surface area contributed by atoms with Crippen molar-refractivity contribution in [1.29, 1.82) is 0 Å². The van der Waals surface area contributed by atoms with Crippen molar-refractivity contribution in [2.75, 3.05) is 26.7 Å². The molecule has 0 aromatic heterocycles. The monoisotopic (exact) mass is 213 g/mol. The summed E-state index contributed by atoms with van der Waals surface area (Å²) in [6.07, 6.45) is -2.22. The molecule has 0 aliphatic heterocycles. The van der Waals surface area contributed by atoms with E-state index in [1.165, 1.54) is 0 Å². The van der Waals surface area contributed by atoms with Gasteiger partial charge in [-0.25, -0.2) is 0 Å². The molecule has 0 aromatic carbocycles. The summed E-state index contributed by atoms with van der Waals surface area (Å²) in [5, 5.41) is 0. The average molecular weight is 213 g/mol. The Hall–Kier alpha value is -0.290. The zero-order valence-corrected chi connectivity index (χ0v) is 8.73. The maximum Gasteiger partial charge on any atom is 0.522 e. The SMILES string of the molecule is CCCN(C)CCCCOC(F)(F)F. The van der Waals surface area contributed by atoms with Gasteiger partial charge in [-0.1, -0.05) is 6.92 Å². The van der Waals surface area contributed by atoms with Crippen molar-refractivity contribution in [3.63, 3.8) is 0 Å². The second-order valence-electron chi connectivity index (χ2n) is 3.30. The Kier molecular flexibility index (Phi) is 6.92. The smallest absolute Gasteiger partial charge is 0.306 e. The van der Waals surface area contributed by atoms with Crippen LogP contribution in [0.25, 0.3) is 0 Å². The van der Waals surface area contributed by atoms with Crippen LogP contribution in [0.5, 0.6) is 0 Å². The lowest BCUT2D eigenvalue weighted by atomic mass is 10.3. The van der Waals surface area contributed by atoms with E-state index >= 15 is 0 Å². The highest BCUT2D eigenvalue weighted by molar-refractivity contribution is 4.50. The zero-order valence-electron chi connectivity index (χ0n) is 8.73. The minimum atomic E-state index is -4.48. The molecule has 0 fully saturated rings. The first-order valence-corrected chi connectivity index (χ1v) is 4.85. The molecule has 0 aliphatic rings. The third-order valence-corrected chi connectivity index (χ3v) is 1.81. The fourth-order valence-electron chi connectivity index (χ4n) is 1.17. The third kappa shape index (κ3) is 9.80. The number of alkyl halides is 3. The standard InChI is InChI=1S/C9H18F3NO/c1-3-6-13(2)7-4-5-8-14-9(10,11)12/h3-8H2,1-2H3. The summed E-state index contributed by atoms with van der Waals surface area (Å²) in [7, 11) is 1.97. The van der Waals surface area contributed by atoms with Crippen LogP contribution in [-0.2, 0) is 4.74 Å². The molecule has 0 N–H and O–H groups in total. The van der Waals surface area contributed by atoms with Crippen LogP contribution in [0, 0.1) is 0 Å². The Balaban J connectivity index is 3.21. The van der Waals surface area contributed by atoms with Crippen LogP contribution in [0.2, 0.25) is 0 Å². The fraction of sp³-hybridized carbons (Fsp3) is 1.00. The van der Waals surface area contributed by atoms with Gasteiger partial charge in [0.2, 0.25) is 0 Å². The van der Waals surface area contributed by atoms with Crippen molar-refractivity contribution >= 4 is 0 Å². The Morgan fingerprint density at radius 2 is 1.79 bits per heavy atom. The van der Waals surface area contributed by atoms with Crippen molar-refractivity contribution in [3.05, 3.63) is 0 Å². The number of hydrogen-bond acceptors (Lipinski definition) is 2. The fourth-order valence-corrected chi connectivity index (χ4v) is 1.17. The Bertz CT molecular complexity index is 139. The Morgan fingerprint density at radius 3 is 2.29 bits per heavy atom. The Morgan fingerprint density at radius 1 is 1.14 bits per heavy atom. The number of hydrogen-bond donors (Lipinski definition) is 0. The summed E-state index contributed by atoms with van der Waals surface area (Å²) in [5.74, 6) is 0. The van der Waals surface area contributed by atoms with Gasteiger partial charge >= 0.3 is 6.36 Å². The van der Waals surface area contributed by atoms with Crippen LogP contribution >= 0.6 is 0 Å². The first kappa shape index (κ1) is 13.7. The van der Waals surface area contributed by atoms with Crippen molar-refractivity contribution < 1.29 is 17.9 Å². The van der Waals surface area contributed by atoms with E-state index in [0.29, 0.717) is 6.42 Å². The van der Waals surface area contributed by atoms with E-state index in [1.807, 2.05) is 7.05 Å². The van der Waals surface area contributed by atoms with Gasteiger partial charge in [-0.05, 0) is 39.4 Å². The summed E-state index contributed by atoms with van der Waals surface area (Å²) in [6.45, 7) is 3.65. The van der Waals surface area contributed by atoms with Gasteiger partial charge in [0.05, 0.1) is 6.61 Å². The van der Waals surface area contributed by atoms with E-state index in [-0.39, 0.29) is 6.61 Å². The largest absolute Gasteiger partial charge is 0.522 e. The van der Waals surface area contributed by atoms with E-state index in [9.17, 15) is 13.2 Å². The van der Waals surface area contributed by atoms with Gasteiger partial charge in [-0.15, -0.1) is 13.2 Å². The third-order valence-electron chi connectivity index (χ3n) is 1.81. The molecule has 0 atom stereocenters. The lowest BCUT2D eigenvalue weighted by Gasteiger charge is -2.15. The molecular weight excluding hydrogens is 195 g/mol. The van der Waals surface area contributed by atoms with Gasteiger partial charge in [0.1, 0.15) is 0 Å². The van der Waals surface area contributed by atoms with Crippen LogP contribution in [-0.4, -0.2) is 38.0 Å². The van der Waals surface area contributed by atoms with Gasteiger partial charge in [0, 0.05) is 0 Å². The highest BCUT2D eigenvalue weighted by Gasteiger charge is 2.28. The van der Waals surface area contributed by atoms with Crippen LogP contribution in [0.15, 0.2) is 0 Å². The molecule has 0 spiro atoms. The molecule has 0 bridgehead atoms. The van der Waals surface area contributed by atoms with Gasteiger partial charge in [0.15, 0.2) is 0 Å². The second kappa shape index (κ2) is 7.06. The predicted octanol–water partition coefficient (Wildman–Crippen LogP) is 2.64. The van der Waals surface area contributed by atoms with E-state index < -0.39 is 6.36 Å². The van der Waals surface area contributed by atoms with E-state index in [0.717, 1.165) is 25.9 Å². The molecule has 0 amide bonds. The van der Waals surface area contributed by atoms with Crippen molar-refractivity contribution in [1.82, 2.24) is 4.90 Å². The van der Waals surface area contributed by atoms with Gasteiger partial charge in [-0.2, -0.15) is 0 Å². The van der Waals surface area contributed by atoms with Gasteiger partial charge in [0.25, 0.3) is 0 Å². The molecule has 0 saturated carbocycles. The zero-order chi connectivity index (χ0) is 11.0. The second-order valence-corrected chi connectivity index (χ2v) is 3.30. The highest BCUT2D eigenvalue weighted by atomic mass is 19.4. The molecule has 5 heteroatoms. The van der Waals surface area contributed by atoms with Gasteiger partial charge < -0.3 is 4.90 Å². The number of rotatable bonds is 7. The number of unbranched alkanes of at least 4 members (excludes halogenated alkanes) is 1. The number of nitrogens with zero attached hydrogens (tertiary/aromatic N) is 1. The maximum absolute atomic E-state index is 11.5. The molecule has 2 nitrogen and oxygen atoms in total. The summed E-state index contributed by atoms with van der Waals surface area (Å²) < 4.78 is 38.2. The van der Waals surface area contributed by atoms with E-state index in [2.05, 4.69) is 16.6 Å². The van der Waals surface area contributed by atoms with Crippen LogP contribution in [0.4, 0.5) is 13.2 Å². The van der Waals surface area contributed by atoms with E-state index in [4.69, 9.17) is 0 Å². The molecule has 0 aliphatic carbocycles.